The third-order valence-electron chi connectivity index (χ3n) is 4.98. The first kappa shape index (κ1) is 23.1. The largest absolute Gasteiger partial charge is 0.493 e. The molecule has 0 unspecified atom stereocenters. The van der Waals surface area contributed by atoms with Crippen molar-refractivity contribution in [2.75, 3.05) is 12.0 Å². The van der Waals surface area contributed by atoms with Crippen LogP contribution in [0.1, 0.15) is 11.1 Å². The lowest BCUT2D eigenvalue weighted by atomic mass is 10.1. The number of rotatable bonds is 6. The van der Waals surface area contributed by atoms with E-state index in [4.69, 9.17) is 21.7 Å². The standard InChI is InChI=1S/C25H18F2N2O4S/c1-32-22-13-15(9-10-21(22)33-14-16-5-4-6-17(26)11-16)12-18-23(30)28-25(34)29(24(18)31)20-8-3-2-7-19(20)27/h2-13H,14H2,1H3,(H,28,30,34)/b18-12+. The molecule has 172 valence electrons. The van der Waals surface area contributed by atoms with Gasteiger partial charge in [0.15, 0.2) is 16.6 Å². The highest BCUT2D eigenvalue weighted by Gasteiger charge is 2.35. The highest BCUT2D eigenvalue weighted by atomic mass is 32.1. The number of nitrogens with zero attached hydrogens (tertiary/aromatic N) is 1. The van der Waals surface area contributed by atoms with Gasteiger partial charge in [-0.15, -0.1) is 0 Å². The number of nitrogens with one attached hydrogen (secondary N) is 1. The minimum atomic E-state index is -0.760. The lowest BCUT2D eigenvalue weighted by Gasteiger charge is -2.29. The van der Waals surface area contributed by atoms with Crippen LogP contribution in [0.25, 0.3) is 6.08 Å². The van der Waals surface area contributed by atoms with E-state index in [9.17, 15) is 18.4 Å². The SMILES string of the molecule is COc1cc(/C=C2\C(=O)NC(=S)N(c3ccccc3F)C2=O)ccc1OCc1cccc(F)c1. The van der Waals surface area contributed by atoms with E-state index in [0.717, 1.165) is 4.90 Å². The Balaban J connectivity index is 1.60. The van der Waals surface area contributed by atoms with Crippen LogP contribution in [-0.2, 0) is 16.2 Å². The van der Waals surface area contributed by atoms with Gasteiger partial charge in [0.2, 0.25) is 0 Å². The fourth-order valence-corrected chi connectivity index (χ4v) is 3.63. The molecule has 0 aromatic heterocycles. The molecule has 1 aliphatic heterocycles. The molecule has 0 saturated carbocycles. The Morgan fingerprint density at radius 3 is 2.53 bits per heavy atom. The summed E-state index contributed by atoms with van der Waals surface area (Å²) < 4.78 is 38.8. The maximum Gasteiger partial charge on any atom is 0.270 e. The van der Waals surface area contributed by atoms with Gasteiger partial charge in [-0.1, -0.05) is 30.3 Å². The van der Waals surface area contributed by atoms with E-state index in [2.05, 4.69) is 5.32 Å². The number of thiocarbonyl (C=S) groups is 1. The fourth-order valence-electron chi connectivity index (χ4n) is 3.36. The number of carbonyl (C=O) groups excluding carboxylic acids is 2. The van der Waals surface area contributed by atoms with Crippen molar-refractivity contribution in [2.24, 2.45) is 0 Å². The lowest BCUT2D eigenvalue weighted by Crippen LogP contribution is -2.54. The number of para-hydroxylation sites is 1. The summed E-state index contributed by atoms with van der Waals surface area (Å²) in [4.78, 5) is 26.5. The summed E-state index contributed by atoms with van der Waals surface area (Å²) >= 11 is 5.09. The van der Waals surface area contributed by atoms with Gasteiger partial charge in [0.25, 0.3) is 11.8 Å². The molecule has 1 N–H and O–H groups in total. The van der Waals surface area contributed by atoms with E-state index in [1.807, 2.05) is 0 Å². The van der Waals surface area contributed by atoms with Crippen LogP contribution in [0, 0.1) is 11.6 Å². The average molecular weight is 480 g/mol. The molecule has 1 heterocycles. The first-order chi connectivity index (χ1) is 16.4. The second kappa shape index (κ2) is 9.80. The molecule has 2 amide bonds. The molecule has 0 spiro atoms. The smallest absolute Gasteiger partial charge is 0.270 e. The van der Waals surface area contributed by atoms with E-state index < -0.39 is 17.6 Å². The number of hydrogen-bond donors (Lipinski definition) is 1. The topological polar surface area (TPSA) is 67.9 Å². The molecule has 4 rings (SSSR count). The molecular formula is C25H18F2N2O4S. The van der Waals surface area contributed by atoms with Crippen LogP contribution in [0.15, 0.2) is 72.3 Å². The third kappa shape index (κ3) is 4.79. The Hall–Kier alpha value is -4.11. The second-order valence-electron chi connectivity index (χ2n) is 7.24. The lowest BCUT2D eigenvalue weighted by molar-refractivity contribution is -0.122. The first-order valence-electron chi connectivity index (χ1n) is 10.1. The molecule has 3 aromatic rings. The normalized spacial score (nSPS) is 14.9. The molecule has 1 fully saturated rings. The van der Waals surface area contributed by atoms with Crippen LogP contribution in [-0.4, -0.2) is 24.0 Å². The molecule has 0 radical (unpaired) electrons. The quantitative estimate of drug-likeness (QED) is 0.322. The van der Waals surface area contributed by atoms with Gasteiger partial charge < -0.3 is 9.47 Å². The zero-order valence-corrected chi connectivity index (χ0v) is 18.7. The van der Waals surface area contributed by atoms with E-state index in [1.54, 1.807) is 36.4 Å². The van der Waals surface area contributed by atoms with Crippen LogP contribution >= 0.6 is 12.2 Å². The predicted octanol–water partition coefficient (Wildman–Crippen LogP) is 4.38. The Morgan fingerprint density at radius 2 is 1.79 bits per heavy atom. The van der Waals surface area contributed by atoms with E-state index >= 15 is 0 Å². The van der Waals surface area contributed by atoms with E-state index in [1.165, 1.54) is 43.5 Å². The van der Waals surface area contributed by atoms with Crippen LogP contribution in [0.3, 0.4) is 0 Å². The van der Waals surface area contributed by atoms with Gasteiger partial charge in [0.05, 0.1) is 12.8 Å². The van der Waals surface area contributed by atoms with Gasteiger partial charge in [-0.05, 0) is 65.8 Å². The Kier molecular flexibility index (Phi) is 6.65. The molecule has 6 nitrogen and oxygen atoms in total. The van der Waals surface area contributed by atoms with Crippen molar-refractivity contribution in [1.82, 2.24) is 5.32 Å². The van der Waals surface area contributed by atoms with E-state index in [-0.39, 0.29) is 28.8 Å². The van der Waals surface area contributed by atoms with Crippen LogP contribution in [0.4, 0.5) is 14.5 Å². The predicted molar refractivity (Wildman–Crippen MR) is 126 cm³/mol. The van der Waals surface area contributed by atoms with Gasteiger partial charge in [0, 0.05) is 0 Å². The highest BCUT2D eigenvalue weighted by molar-refractivity contribution is 7.80. The number of methoxy groups -OCH3 is 1. The monoisotopic (exact) mass is 480 g/mol. The summed E-state index contributed by atoms with van der Waals surface area (Å²) in [5.74, 6) is -1.75. The molecular weight excluding hydrogens is 462 g/mol. The van der Waals surface area contributed by atoms with Gasteiger partial charge in [-0.3, -0.25) is 14.9 Å². The molecule has 3 aromatic carbocycles. The fraction of sp³-hybridized carbons (Fsp3) is 0.0800. The summed E-state index contributed by atoms with van der Waals surface area (Å²) in [5.41, 5.74) is 0.811. The van der Waals surface area contributed by atoms with Crippen LogP contribution in [0.5, 0.6) is 11.5 Å². The minimum Gasteiger partial charge on any atom is -0.493 e. The number of carbonyl (C=O) groups is 2. The van der Waals surface area contributed by atoms with Gasteiger partial charge in [-0.25, -0.2) is 13.7 Å². The third-order valence-corrected chi connectivity index (χ3v) is 5.26. The number of amides is 2. The molecule has 1 saturated heterocycles. The van der Waals surface area contributed by atoms with Crippen molar-refractivity contribution in [3.05, 3.63) is 95.1 Å². The number of ether oxygens (including phenoxy) is 2. The van der Waals surface area contributed by atoms with Gasteiger partial charge >= 0.3 is 0 Å². The molecule has 0 atom stereocenters. The number of halogens is 2. The van der Waals surface area contributed by atoms with Crippen molar-refractivity contribution in [3.8, 4) is 11.5 Å². The van der Waals surface area contributed by atoms with Crippen molar-refractivity contribution < 1.29 is 27.8 Å². The first-order valence-corrected chi connectivity index (χ1v) is 10.5. The molecule has 0 aliphatic carbocycles. The average Bonchev–Trinajstić information content (AvgIpc) is 2.82. The maximum atomic E-state index is 14.3. The van der Waals surface area contributed by atoms with Gasteiger partial charge in [0.1, 0.15) is 23.8 Å². The number of benzene rings is 3. The van der Waals surface area contributed by atoms with Crippen LogP contribution < -0.4 is 19.7 Å². The Labute approximate surface area is 199 Å². The highest BCUT2D eigenvalue weighted by Crippen LogP contribution is 2.31. The second-order valence-corrected chi connectivity index (χ2v) is 7.62. The van der Waals surface area contributed by atoms with Crippen molar-refractivity contribution in [3.63, 3.8) is 0 Å². The van der Waals surface area contributed by atoms with Gasteiger partial charge in [-0.2, -0.15) is 0 Å². The summed E-state index contributed by atoms with van der Waals surface area (Å²) in [6, 6.07) is 16.5. The molecule has 9 heteroatoms. The van der Waals surface area contributed by atoms with Crippen molar-refractivity contribution in [1.29, 1.82) is 0 Å². The van der Waals surface area contributed by atoms with E-state index in [0.29, 0.717) is 22.6 Å². The Morgan fingerprint density at radius 1 is 1.00 bits per heavy atom. The minimum absolute atomic E-state index is 0.0675. The molecule has 1 aliphatic rings. The van der Waals surface area contributed by atoms with Crippen LogP contribution in [0.2, 0.25) is 0 Å². The summed E-state index contributed by atoms with van der Waals surface area (Å²) in [6.45, 7) is 0.116. The summed E-state index contributed by atoms with van der Waals surface area (Å²) in [7, 11) is 1.44. The zero-order chi connectivity index (χ0) is 24.2. The van der Waals surface area contributed by atoms with Crippen molar-refractivity contribution >= 4 is 40.9 Å². The maximum absolute atomic E-state index is 14.3. The summed E-state index contributed by atoms with van der Waals surface area (Å²) in [5, 5.41) is 2.20. The molecule has 34 heavy (non-hydrogen) atoms. The summed E-state index contributed by atoms with van der Waals surface area (Å²) in [6.07, 6.45) is 1.35. The number of hydrogen-bond acceptors (Lipinski definition) is 5. The van der Waals surface area contributed by atoms with Crippen molar-refractivity contribution in [2.45, 2.75) is 6.61 Å². The zero-order valence-electron chi connectivity index (χ0n) is 17.9. The number of anilines is 1. The Bertz CT molecular complexity index is 1330. The molecule has 0 bridgehead atoms.